The maximum absolute atomic E-state index is 13.6. The summed E-state index contributed by atoms with van der Waals surface area (Å²) in [5.74, 6) is -0.818. The van der Waals surface area contributed by atoms with Crippen LogP contribution in [-0.2, 0) is 6.42 Å². The first-order valence-corrected chi connectivity index (χ1v) is 7.00. The average Bonchev–Trinajstić information content (AvgIpc) is 2.32. The van der Waals surface area contributed by atoms with Crippen molar-refractivity contribution >= 4 is 34.2 Å². The van der Waals surface area contributed by atoms with Gasteiger partial charge in [-0.1, -0.05) is 23.7 Å². The number of rotatable bonds is 3. The normalized spacial score (nSPS) is 12.5. The Labute approximate surface area is 128 Å². The lowest BCUT2D eigenvalue weighted by atomic mass is 10.0. The van der Waals surface area contributed by atoms with Crippen LogP contribution in [0.5, 0.6) is 0 Å². The van der Waals surface area contributed by atoms with E-state index in [0.717, 1.165) is 0 Å². The van der Waals surface area contributed by atoms with E-state index in [1.807, 2.05) is 22.6 Å². The Balaban J connectivity index is 2.23. The summed E-state index contributed by atoms with van der Waals surface area (Å²) in [4.78, 5) is 0. The summed E-state index contributed by atoms with van der Waals surface area (Å²) in [6.07, 6.45) is -0.770. The molecule has 0 spiro atoms. The summed E-state index contributed by atoms with van der Waals surface area (Å²) in [7, 11) is 0. The lowest BCUT2D eigenvalue weighted by Gasteiger charge is -2.13. The molecule has 0 saturated heterocycles. The minimum absolute atomic E-state index is 0.116. The van der Waals surface area contributed by atoms with E-state index >= 15 is 0 Å². The first kappa shape index (κ1) is 14.7. The molecule has 0 aliphatic rings. The Kier molecular flexibility index (Phi) is 4.76. The molecule has 2 aromatic carbocycles. The van der Waals surface area contributed by atoms with Crippen molar-refractivity contribution < 1.29 is 13.9 Å². The highest BCUT2D eigenvalue weighted by molar-refractivity contribution is 14.1. The molecule has 19 heavy (non-hydrogen) atoms. The van der Waals surface area contributed by atoms with Crippen LogP contribution in [0.1, 0.15) is 17.2 Å². The molecule has 0 saturated carbocycles. The first-order valence-electron chi connectivity index (χ1n) is 5.54. The van der Waals surface area contributed by atoms with Crippen molar-refractivity contribution in [3.63, 3.8) is 0 Å². The molecule has 2 rings (SSSR count). The van der Waals surface area contributed by atoms with Gasteiger partial charge in [-0.15, -0.1) is 0 Å². The fourth-order valence-electron chi connectivity index (χ4n) is 1.78. The van der Waals surface area contributed by atoms with E-state index in [1.54, 1.807) is 6.07 Å². The van der Waals surface area contributed by atoms with E-state index < -0.39 is 11.9 Å². The van der Waals surface area contributed by atoms with E-state index in [4.69, 9.17) is 11.6 Å². The van der Waals surface area contributed by atoms with Gasteiger partial charge in [0.05, 0.1) is 6.10 Å². The van der Waals surface area contributed by atoms with Crippen molar-refractivity contribution in [2.45, 2.75) is 12.5 Å². The Bertz CT molecular complexity index is 604. The van der Waals surface area contributed by atoms with E-state index in [0.29, 0.717) is 19.7 Å². The zero-order valence-electron chi connectivity index (χ0n) is 9.71. The molecule has 100 valence electrons. The largest absolute Gasteiger partial charge is 0.388 e. The molecule has 1 nitrogen and oxygen atoms in total. The van der Waals surface area contributed by atoms with E-state index in [1.165, 1.54) is 30.3 Å². The van der Waals surface area contributed by atoms with Crippen LogP contribution in [0, 0.1) is 15.2 Å². The number of aliphatic hydroxyl groups excluding tert-OH is 1. The van der Waals surface area contributed by atoms with Gasteiger partial charge < -0.3 is 5.11 Å². The molecule has 0 aromatic heterocycles. The monoisotopic (exact) mass is 394 g/mol. The average molecular weight is 395 g/mol. The van der Waals surface area contributed by atoms with Gasteiger partial charge in [-0.05, 0) is 58.0 Å². The van der Waals surface area contributed by atoms with Gasteiger partial charge in [0, 0.05) is 15.0 Å². The highest BCUT2D eigenvalue weighted by Crippen LogP contribution is 2.26. The molecule has 5 heteroatoms. The lowest BCUT2D eigenvalue weighted by Crippen LogP contribution is -2.05. The van der Waals surface area contributed by atoms with Gasteiger partial charge in [-0.25, -0.2) is 8.78 Å². The SMILES string of the molecule is OC(Cc1ccc(Cl)cc1F)c1ccc(F)cc1I. The van der Waals surface area contributed by atoms with Crippen LogP contribution in [0.15, 0.2) is 36.4 Å². The topological polar surface area (TPSA) is 20.2 Å². The molecule has 2 aromatic rings. The van der Waals surface area contributed by atoms with Crippen LogP contribution in [0.25, 0.3) is 0 Å². The molecule has 0 amide bonds. The molecule has 0 fully saturated rings. The Morgan fingerprint density at radius 1 is 1.16 bits per heavy atom. The van der Waals surface area contributed by atoms with Crippen LogP contribution in [0.2, 0.25) is 5.02 Å². The van der Waals surface area contributed by atoms with E-state index in [2.05, 4.69) is 0 Å². The minimum Gasteiger partial charge on any atom is -0.388 e. The van der Waals surface area contributed by atoms with Crippen molar-refractivity contribution in [1.82, 2.24) is 0 Å². The minimum atomic E-state index is -0.886. The smallest absolute Gasteiger partial charge is 0.127 e. The third kappa shape index (κ3) is 3.64. The summed E-state index contributed by atoms with van der Waals surface area (Å²) >= 11 is 7.61. The van der Waals surface area contributed by atoms with Crippen LogP contribution in [0.3, 0.4) is 0 Å². The number of halogens is 4. The maximum Gasteiger partial charge on any atom is 0.127 e. The second-order valence-corrected chi connectivity index (χ2v) is 5.72. The third-order valence-corrected chi connectivity index (χ3v) is 3.92. The second kappa shape index (κ2) is 6.15. The summed E-state index contributed by atoms with van der Waals surface area (Å²) < 4.78 is 27.2. The van der Waals surface area contributed by atoms with Crippen molar-refractivity contribution in [3.8, 4) is 0 Å². The van der Waals surface area contributed by atoms with Gasteiger partial charge in [-0.3, -0.25) is 0 Å². The van der Waals surface area contributed by atoms with E-state index in [-0.39, 0.29) is 12.2 Å². The molecule has 1 unspecified atom stereocenters. The number of hydrogen-bond acceptors (Lipinski definition) is 1. The molecular formula is C14H10ClF2IO. The summed E-state index contributed by atoms with van der Waals surface area (Å²) in [5, 5.41) is 10.4. The van der Waals surface area contributed by atoms with Gasteiger partial charge in [0.25, 0.3) is 0 Å². The quantitative estimate of drug-likeness (QED) is 0.760. The van der Waals surface area contributed by atoms with Gasteiger partial charge in [-0.2, -0.15) is 0 Å². The number of hydrogen-bond donors (Lipinski definition) is 1. The highest BCUT2D eigenvalue weighted by Gasteiger charge is 2.15. The predicted octanol–water partition coefficient (Wildman–Crippen LogP) is 4.50. The molecule has 0 aliphatic heterocycles. The molecule has 0 aliphatic carbocycles. The fraction of sp³-hybridized carbons (Fsp3) is 0.143. The molecule has 0 radical (unpaired) electrons. The molecule has 0 heterocycles. The maximum atomic E-state index is 13.6. The highest BCUT2D eigenvalue weighted by atomic mass is 127. The van der Waals surface area contributed by atoms with Crippen LogP contribution in [0.4, 0.5) is 8.78 Å². The Hall–Kier alpha value is -0.720. The molecule has 1 atom stereocenters. The van der Waals surface area contributed by atoms with Crippen molar-refractivity contribution in [1.29, 1.82) is 0 Å². The molecular weight excluding hydrogens is 385 g/mol. The lowest BCUT2D eigenvalue weighted by molar-refractivity contribution is 0.176. The Morgan fingerprint density at radius 2 is 1.89 bits per heavy atom. The van der Waals surface area contributed by atoms with Crippen molar-refractivity contribution in [2.24, 2.45) is 0 Å². The zero-order chi connectivity index (χ0) is 14.0. The fourth-order valence-corrected chi connectivity index (χ4v) is 2.77. The zero-order valence-corrected chi connectivity index (χ0v) is 12.6. The predicted molar refractivity (Wildman–Crippen MR) is 79.2 cm³/mol. The number of benzene rings is 2. The van der Waals surface area contributed by atoms with Crippen molar-refractivity contribution in [3.05, 3.63) is 67.8 Å². The van der Waals surface area contributed by atoms with E-state index in [9.17, 15) is 13.9 Å². The van der Waals surface area contributed by atoms with Crippen LogP contribution >= 0.6 is 34.2 Å². The van der Waals surface area contributed by atoms with Gasteiger partial charge >= 0.3 is 0 Å². The van der Waals surface area contributed by atoms with Crippen molar-refractivity contribution in [2.75, 3.05) is 0 Å². The van der Waals surface area contributed by atoms with Crippen LogP contribution < -0.4 is 0 Å². The summed E-state index contributed by atoms with van der Waals surface area (Å²) in [5.41, 5.74) is 0.952. The van der Waals surface area contributed by atoms with Gasteiger partial charge in [0.2, 0.25) is 0 Å². The summed E-state index contributed by atoms with van der Waals surface area (Å²) in [6, 6.07) is 8.44. The van der Waals surface area contributed by atoms with Crippen LogP contribution in [-0.4, -0.2) is 5.11 Å². The first-order chi connectivity index (χ1) is 8.97. The molecule has 0 bridgehead atoms. The Morgan fingerprint density at radius 3 is 2.53 bits per heavy atom. The third-order valence-electron chi connectivity index (χ3n) is 2.75. The number of aliphatic hydroxyl groups is 1. The molecule has 1 N–H and O–H groups in total. The standard InChI is InChI=1S/C14H10ClF2IO/c15-9-2-1-8(12(17)6-9)5-14(19)11-4-3-10(16)7-13(11)18/h1-4,6-7,14,19H,5H2. The summed E-state index contributed by atoms with van der Waals surface area (Å²) in [6.45, 7) is 0. The van der Waals surface area contributed by atoms with Gasteiger partial charge in [0.1, 0.15) is 11.6 Å². The second-order valence-electron chi connectivity index (χ2n) is 4.12. The van der Waals surface area contributed by atoms with Gasteiger partial charge in [0.15, 0.2) is 0 Å².